The van der Waals surface area contributed by atoms with Gasteiger partial charge < -0.3 is 0 Å². The first-order chi connectivity index (χ1) is 6.03. The third-order valence-electron chi connectivity index (χ3n) is 3.05. The molecule has 0 nitrogen and oxygen atoms in total. The zero-order valence-corrected chi connectivity index (χ0v) is 9.27. The van der Waals surface area contributed by atoms with E-state index in [1.807, 2.05) is 0 Å². The summed E-state index contributed by atoms with van der Waals surface area (Å²) in [6.07, 6.45) is 9.63. The highest BCUT2D eigenvalue weighted by atomic mass is 14.3. The van der Waals surface area contributed by atoms with E-state index in [0.717, 1.165) is 0 Å². The molecule has 0 amide bonds. The molecule has 0 bridgehead atoms. The minimum absolute atomic E-state index is 0.543. The molecule has 13 heavy (non-hydrogen) atoms. The summed E-state index contributed by atoms with van der Waals surface area (Å²) in [7, 11) is 0. The molecular formula is C13H22. The van der Waals surface area contributed by atoms with E-state index in [4.69, 9.17) is 0 Å². The number of hydrogen-bond donors (Lipinski definition) is 0. The fraction of sp³-hybridized carbons (Fsp3) is 0.692. The van der Waals surface area contributed by atoms with Crippen molar-refractivity contribution in [2.45, 2.75) is 46.5 Å². The smallest absolute Gasteiger partial charge is 0.0227 e. The normalized spacial score (nSPS) is 23.5. The van der Waals surface area contributed by atoms with Crippen LogP contribution in [0.5, 0.6) is 0 Å². The van der Waals surface area contributed by atoms with Gasteiger partial charge in [-0.3, -0.25) is 0 Å². The van der Waals surface area contributed by atoms with Crippen molar-refractivity contribution >= 4 is 0 Å². The average Bonchev–Trinajstić information content (AvgIpc) is 2.08. The van der Waals surface area contributed by atoms with Gasteiger partial charge in [0.2, 0.25) is 0 Å². The lowest BCUT2D eigenvalue weighted by Gasteiger charge is -2.29. The van der Waals surface area contributed by atoms with Gasteiger partial charge in [0.1, 0.15) is 0 Å². The number of hydrogen-bond acceptors (Lipinski definition) is 0. The van der Waals surface area contributed by atoms with Gasteiger partial charge in [0.25, 0.3) is 0 Å². The molecule has 0 saturated carbocycles. The molecule has 1 atom stereocenters. The fourth-order valence-corrected chi connectivity index (χ4v) is 1.81. The van der Waals surface area contributed by atoms with Crippen LogP contribution in [0.2, 0.25) is 0 Å². The van der Waals surface area contributed by atoms with Crippen LogP contribution in [0.15, 0.2) is 24.3 Å². The molecule has 1 aliphatic carbocycles. The summed E-state index contributed by atoms with van der Waals surface area (Å²) >= 11 is 0. The number of allylic oxidation sites excluding steroid dienone is 3. The Morgan fingerprint density at radius 1 is 1.62 bits per heavy atom. The Morgan fingerprint density at radius 3 is 2.77 bits per heavy atom. The summed E-state index contributed by atoms with van der Waals surface area (Å²) in [6, 6.07) is 0. The molecule has 0 saturated heterocycles. The van der Waals surface area contributed by atoms with Gasteiger partial charge in [-0.05, 0) is 37.0 Å². The van der Waals surface area contributed by atoms with Gasteiger partial charge in [0, 0.05) is 0 Å². The van der Waals surface area contributed by atoms with Crippen LogP contribution in [0.3, 0.4) is 0 Å². The Bertz CT molecular complexity index is 208. The summed E-state index contributed by atoms with van der Waals surface area (Å²) in [5, 5.41) is 0. The lowest BCUT2D eigenvalue weighted by molar-refractivity contribution is 0.320. The molecule has 1 unspecified atom stereocenters. The molecule has 0 aromatic rings. The zero-order chi connectivity index (χ0) is 9.90. The third kappa shape index (κ3) is 3.38. The van der Waals surface area contributed by atoms with Crippen LogP contribution in [-0.4, -0.2) is 0 Å². The Morgan fingerprint density at radius 2 is 2.31 bits per heavy atom. The summed E-state index contributed by atoms with van der Waals surface area (Å²) in [6.45, 7) is 10.8. The zero-order valence-electron chi connectivity index (χ0n) is 9.27. The molecule has 1 aliphatic rings. The van der Waals surface area contributed by atoms with Crippen molar-refractivity contribution in [2.24, 2.45) is 11.3 Å². The maximum Gasteiger partial charge on any atom is -0.0227 e. The summed E-state index contributed by atoms with van der Waals surface area (Å²) in [5.41, 5.74) is 2.19. The average molecular weight is 178 g/mol. The molecule has 0 radical (unpaired) electrons. The summed E-state index contributed by atoms with van der Waals surface area (Å²) < 4.78 is 0. The fourth-order valence-electron chi connectivity index (χ4n) is 1.81. The van der Waals surface area contributed by atoms with Crippen molar-refractivity contribution in [3.8, 4) is 0 Å². The Kier molecular flexibility index (Phi) is 3.35. The van der Waals surface area contributed by atoms with Crippen LogP contribution < -0.4 is 0 Å². The molecular weight excluding hydrogens is 156 g/mol. The van der Waals surface area contributed by atoms with E-state index in [9.17, 15) is 0 Å². The molecule has 0 fully saturated rings. The monoisotopic (exact) mass is 178 g/mol. The minimum Gasteiger partial charge on any atom is -0.103 e. The molecule has 0 aromatic carbocycles. The predicted octanol–water partition coefficient (Wildman–Crippen LogP) is 4.34. The van der Waals surface area contributed by atoms with Crippen LogP contribution in [0.25, 0.3) is 0 Å². The Hall–Kier alpha value is -0.520. The van der Waals surface area contributed by atoms with Gasteiger partial charge in [-0.2, -0.15) is 0 Å². The lowest BCUT2D eigenvalue weighted by Crippen LogP contribution is -2.15. The van der Waals surface area contributed by atoms with E-state index in [-0.39, 0.29) is 0 Å². The second-order valence-electron chi connectivity index (χ2n) is 5.15. The highest BCUT2D eigenvalue weighted by Crippen LogP contribution is 2.36. The molecule has 74 valence electrons. The maximum absolute atomic E-state index is 3.83. The van der Waals surface area contributed by atoms with Gasteiger partial charge in [-0.1, -0.05) is 38.5 Å². The third-order valence-corrected chi connectivity index (χ3v) is 3.05. The van der Waals surface area contributed by atoms with Crippen LogP contribution in [-0.2, 0) is 0 Å². The van der Waals surface area contributed by atoms with Gasteiger partial charge >= 0.3 is 0 Å². The van der Waals surface area contributed by atoms with Crippen molar-refractivity contribution in [1.82, 2.24) is 0 Å². The molecule has 0 N–H and O–H groups in total. The first-order valence-electron chi connectivity index (χ1n) is 5.34. The predicted molar refractivity (Wildman–Crippen MR) is 59.7 cm³/mol. The molecule has 0 spiro atoms. The standard InChI is InChI=1S/C13H22/c1-5-11(2)10-12-6-8-13(3,4)9-7-12/h5-6,11H,1,7-10H2,2-4H3. The van der Waals surface area contributed by atoms with E-state index in [1.54, 1.807) is 5.57 Å². The van der Waals surface area contributed by atoms with Crippen molar-refractivity contribution < 1.29 is 0 Å². The minimum atomic E-state index is 0.543. The van der Waals surface area contributed by atoms with Crippen LogP contribution >= 0.6 is 0 Å². The molecule has 0 heterocycles. The van der Waals surface area contributed by atoms with Crippen molar-refractivity contribution in [1.29, 1.82) is 0 Å². The van der Waals surface area contributed by atoms with Gasteiger partial charge in [-0.15, -0.1) is 6.58 Å². The first-order valence-corrected chi connectivity index (χ1v) is 5.34. The van der Waals surface area contributed by atoms with Crippen LogP contribution in [0.1, 0.15) is 46.5 Å². The van der Waals surface area contributed by atoms with Gasteiger partial charge in [0.15, 0.2) is 0 Å². The second kappa shape index (κ2) is 4.13. The lowest BCUT2D eigenvalue weighted by atomic mass is 9.77. The molecule has 0 aromatic heterocycles. The Balaban J connectivity index is 2.46. The van der Waals surface area contributed by atoms with Crippen molar-refractivity contribution in [3.05, 3.63) is 24.3 Å². The second-order valence-corrected chi connectivity index (χ2v) is 5.15. The molecule has 1 rings (SSSR count). The molecule has 0 aliphatic heterocycles. The van der Waals surface area contributed by atoms with E-state index < -0.39 is 0 Å². The van der Waals surface area contributed by atoms with Gasteiger partial charge in [-0.25, -0.2) is 0 Å². The highest BCUT2D eigenvalue weighted by Gasteiger charge is 2.21. The van der Waals surface area contributed by atoms with Crippen LogP contribution in [0, 0.1) is 11.3 Å². The first kappa shape index (κ1) is 10.6. The van der Waals surface area contributed by atoms with E-state index in [1.165, 1.54) is 25.7 Å². The Labute approximate surface area is 82.7 Å². The molecule has 0 heteroatoms. The summed E-state index contributed by atoms with van der Waals surface area (Å²) in [4.78, 5) is 0. The van der Waals surface area contributed by atoms with E-state index in [0.29, 0.717) is 11.3 Å². The largest absolute Gasteiger partial charge is 0.103 e. The quantitative estimate of drug-likeness (QED) is 0.564. The van der Waals surface area contributed by atoms with Crippen molar-refractivity contribution in [3.63, 3.8) is 0 Å². The topological polar surface area (TPSA) is 0 Å². The summed E-state index contributed by atoms with van der Waals surface area (Å²) in [5.74, 6) is 0.646. The van der Waals surface area contributed by atoms with Crippen molar-refractivity contribution in [2.75, 3.05) is 0 Å². The van der Waals surface area contributed by atoms with Crippen LogP contribution in [0.4, 0.5) is 0 Å². The van der Waals surface area contributed by atoms with Gasteiger partial charge in [0.05, 0.1) is 0 Å². The SMILES string of the molecule is C=CC(C)CC1=CCC(C)(C)CC1. The van der Waals surface area contributed by atoms with E-state index in [2.05, 4.69) is 39.5 Å². The maximum atomic E-state index is 3.83. The number of rotatable bonds is 3. The highest BCUT2D eigenvalue weighted by molar-refractivity contribution is 5.10. The van der Waals surface area contributed by atoms with E-state index >= 15 is 0 Å².